The third kappa shape index (κ3) is 4.28. The third-order valence-electron chi connectivity index (χ3n) is 3.81. The lowest BCUT2D eigenvalue weighted by molar-refractivity contribution is -0.113. The van der Waals surface area contributed by atoms with Crippen molar-refractivity contribution in [3.8, 4) is 11.5 Å². The first kappa shape index (κ1) is 19.3. The molecule has 7 heteroatoms. The Labute approximate surface area is 166 Å². The van der Waals surface area contributed by atoms with E-state index in [4.69, 9.17) is 21.1 Å². The van der Waals surface area contributed by atoms with Crippen LogP contribution in [0.3, 0.4) is 0 Å². The van der Waals surface area contributed by atoms with E-state index in [-0.39, 0.29) is 11.1 Å². The van der Waals surface area contributed by atoms with Gasteiger partial charge >= 0.3 is 0 Å². The van der Waals surface area contributed by atoms with Gasteiger partial charge in [0, 0.05) is 5.02 Å². The molecule has 0 unspecified atom stereocenters. The molecule has 0 aliphatic carbocycles. The van der Waals surface area contributed by atoms with Crippen LogP contribution in [0, 0.1) is 0 Å². The van der Waals surface area contributed by atoms with Crippen molar-refractivity contribution in [1.29, 1.82) is 0 Å². The molecule has 2 aromatic rings. The van der Waals surface area contributed by atoms with Crippen LogP contribution >= 0.6 is 23.4 Å². The molecule has 1 aliphatic heterocycles. The lowest BCUT2D eigenvalue weighted by atomic mass is 10.2. The van der Waals surface area contributed by atoms with Crippen LogP contribution in [0.25, 0.3) is 6.08 Å². The van der Waals surface area contributed by atoms with E-state index >= 15 is 0 Å². The van der Waals surface area contributed by atoms with Gasteiger partial charge < -0.3 is 9.47 Å². The number of anilines is 1. The van der Waals surface area contributed by atoms with E-state index < -0.39 is 0 Å². The number of imide groups is 1. The van der Waals surface area contributed by atoms with E-state index in [0.29, 0.717) is 33.7 Å². The molecule has 0 aromatic heterocycles. The molecule has 0 atom stereocenters. The quantitative estimate of drug-likeness (QED) is 0.606. The monoisotopic (exact) mass is 403 g/mol. The first-order chi connectivity index (χ1) is 13.0. The zero-order chi connectivity index (χ0) is 19.4. The van der Waals surface area contributed by atoms with E-state index in [1.807, 2.05) is 13.0 Å². The molecule has 0 spiro atoms. The van der Waals surface area contributed by atoms with Gasteiger partial charge in [-0.15, -0.1) is 0 Å². The fourth-order valence-corrected chi connectivity index (χ4v) is 3.59. The van der Waals surface area contributed by atoms with E-state index in [1.54, 1.807) is 49.6 Å². The number of nitrogens with zero attached hydrogens (tertiary/aromatic N) is 1. The van der Waals surface area contributed by atoms with Crippen molar-refractivity contribution in [2.75, 3.05) is 18.6 Å². The minimum atomic E-state index is -0.377. The van der Waals surface area contributed by atoms with Crippen LogP contribution in [-0.2, 0) is 4.79 Å². The number of amides is 2. The summed E-state index contributed by atoms with van der Waals surface area (Å²) in [5.74, 6) is 0.840. The molecule has 140 valence electrons. The van der Waals surface area contributed by atoms with Gasteiger partial charge in [0.15, 0.2) is 11.5 Å². The maximum absolute atomic E-state index is 12.7. The molecule has 5 nitrogen and oxygen atoms in total. The van der Waals surface area contributed by atoms with Gasteiger partial charge in [-0.3, -0.25) is 9.59 Å². The fraction of sp³-hybridized carbons (Fsp3) is 0.200. The van der Waals surface area contributed by atoms with E-state index in [0.717, 1.165) is 28.6 Å². The van der Waals surface area contributed by atoms with Crippen molar-refractivity contribution in [2.24, 2.45) is 0 Å². The van der Waals surface area contributed by atoms with Crippen molar-refractivity contribution in [3.63, 3.8) is 0 Å². The van der Waals surface area contributed by atoms with Crippen molar-refractivity contribution < 1.29 is 19.1 Å². The number of benzene rings is 2. The molecule has 0 saturated carbocycles. The summed E-state index contributed by atoms with van der Waals surface area (Å²) < 4.78 is 11.0. The number of rotatable bonds is 6. The molecule has 2 aromatic carbocycles. The smallest absolute Gasteiger partial charge is 0.298 e. The maximum atomic E-state index is 12.7. The largest absolute Gasteiger partial charge is 0.493 e. The highest BCUT2D eigenvalue weighted by atomic mass is 35.5. The minimum Gasteiger partial charge on any atom is -0.493 e. The van der Waals surface area contributed by atoms with Crippen molar-refractivity contribution in [1.82, 2.24) is 0 Å². The van der Waals surface area contributed by atoms with Crippen molar-refractivity contribution >= 4 is 46.3 Å². The number of hydrogen-bond acceptors (Lipinski definition) is 5. The molecule has 3 rings (SSSR count). The summed E-state index contributed by atoms with van der Waals surface area (Å²) in [7, 11) is 1.56. The number of halogens is 1. The van der Waals surface area contributed by atoms with Crippen molar-refractivity contribution in [2.45, 2.75) is 13.3 Å². The van der Waals surface area contributed by atoms with Crippen LogP contribution in [0.5, 0.6) is 11.5 Å². The summed E-state index contributed by atoms with van der Waals surface area (Å²) >= 11 is 6.87. The van der Waals surface area contributed by atoms with Gasteiger partial charge in [-0.25, -0.2) is 4.90 Å². The highest BCUT2D eigenvalue weighted by Gasteiger charge is 2.36. The van der Waals surface area contributed by atoms with Crippen molar-refractivity contribution in [3.05, 3.63) is 58.0 Å². The molecule has 1 fully saturated rings. The Kier molecular flexibility index (Phi) is 6.08. The lowest BCUT2D eigenvalue weighted by Gasteiger charge is -2.12. The van der Waals surface area contributed by atoms with Crippen LogP contribution in [0.1, 0.15) is 18.9 Å². The molecule has 2 amide bonds. The zero-order valence-corrected chi connectivity index (χ0v) is 16.5. The van der Waals surface area contributed by atoms with Gasteiger partial charge in [0.25, 0.3) is 11.1 Å². The molecule has 27 heavy (non-hydrogen) atoms. The van der Waals surface area contributed by atoms with Crippen LogP contribution < -0.4 is 14.4 Å². The Morgan fingerprint density at radius 3 is 2.67 bits per heavy atom. The molecule has 0 radical (unpaired) electrons. The first-order valence-corrected chi connectivity index (χ1v) is 9.57. The Morgan fingerprint density at radius 1 is 1.15 bits per heavy atom. The molecular formula is C20H18ClNO4S. The molecule has 1 saturated heterocycles. The molecule has 1 aliphatic rings. The second-order valence-corrected chi connectivity index (χ2v) is 7.19. The Bertz CT molecular complexity index is 913. The summed E-state index contributed by atoms with van der Waals surface area (Å²) in [5.41, 5.74) is 1.20. The topological polar surface area (TPSA) is 55.8 Å². The molecule has 0 N–H and O–H groups in total. The highest BCUT2D eigenvalue weighted by molar-refractivity contribution is 8.19. The maximum Gasteiger partial charge on any atom is 0.298 e. The van der Waals surface area contributed by atoms with Gasteiger partial charge in [0.2, 0.25) is 0 Å². The number of carbonyl (C=O) groups excluding carboxylic acids is 2. The summed E-state index contributed by atoms with van der Waals surface area (Å²) in [4.78, 5) is 26.5. The second kappa shape index (κ2) is 8.50. The predicted molar refractivity (Wildman–Crippen MR) is 109 cm³/mol. The lowest BCUT2D eigenvalue weighted by Crippen LogP contribution is -2.27. The summed E-state index contributed by atoms with van der Waals surface area (Å²) in [5, 5.41) is 0.103. The summed E-state index contributed by atoms with van der Waals surface area (Å²) in [6.07, 6.45) is 2.56. The zero-order valence-electron chi connectivity index (χ0n) is 14.9. The van der Waals surface area contributed by atoms with E-state index in [9.17, 15) is 9.59 Å². The SMILES string of the molecule is CCCOc1ccc(/C=C2/SC(=O)N(c3cccc(Cl)c3)C2=O)cc1OC. The van der Waals surface area contributed by atoms with Gasteiger partial charge in [-0.2, -0.15) is 0 Å². The van der Waals surface area contributed by atoms with Gasteiger partial charge in [-0.05, 0) is 60.2 Å². The summed E-state index contributed by atoms with van der Waals surface area (Å²) in [6, 6.07) is 12.0. The first-order valence-electron chi connectivity index (χ1n) is 8.38. The third-order valence-corrected chi connectivity index (χ3v) is 4.91. The van der Waals surface area contributed by atoms with Crippen LogP contribution in [0.15, 0.2) is 47.4 Å². The van der Waals surface area contributed by atoms with Gasteiger partial charge in [0.1, 0.15) is 0 Å². The number of carbonyl (C=O) groups is 2. The predicted octanol–water partition coefficient (Wildman–Crippen LogP) is 5.38. The van der Waals surface area contributed by atoms with Gasteiger partial charge in [0.05, 0.1) is 24.3 Å². The van der Waals surface area contributed by atoms with Crippen LogP contribution in [-0.4, -0.2) is 24.9 Å². The standard InChI is InChI=1S/C20H18ClNO4S/c1-3-9-26-16-8-7-13(10-17(16)25-2)11-18-19(23)22(20(24)27-18)15-6-4-5-14(21)12-15/h4-8,10-12H,3,9H2,1-2H3/b18-11+. The Morgan fingerprint density at radius 2 is 1.96 bits per heavy atom. The number of hydrogen-bond donors (Lipinski definition) is 0. The van der Waals surface area contributed by atoms with Crippen LogP contribution in [0.4, 0.5) is 10.5 Å². The number of thioether (sulfide) groups is 1. The molecular weight excluding hydrogens is 386 g/mol. The summed E-state index contributed by atoms with van der Waals surface area (Å²) in [6.45, 7) is 2.62. The van der Waals surface area contributed by atoms with Crippen LogP contribution in [0.2, 0.25) is 5.02 Å². The average molecular weight is 404 g/mol. The van der Waals surface area contributed by atoms with E-state index in [2.05, 4.69) is 0 Å². The van der Waals surface area contributed by atoms with Gasteiger partial charge in [-0.1, -0.05) is 30.7 Å². The second-order valence-electron chi connectivity index (χ2n) is 5.76. The molecule has 0 bridgehead atoms. The number of methoxy groups -OCH3 is 1. The Hall–Kier alpha value is -2.44. The van der Waals surface area contributed by atoms with E-state index in [1.165, 1.54) is 0 Å². The minimum absolute atomic E-state index is 0.337. The fourth-order valence-electron chi connectivity index (χ4n) is 2.56. The average Bonchev–Trinajstić information content (AvgIpc) is 2.93. The number of ether oxygens (including phenoxy) is 2. The molecule has 1 heterocycles. The highest BCUT2D eigenvalue weighted by Crippen LogP contribution is 2.37. The Balaban J connectivity index is 1.87. The normalized spacial score (nSPS) is 15.5.